The summed E-state index contributed by atoms with van der Waals surface area (Å²) in [7, 11) is 0. The molecule has 1 saturated carbocycles. The highest BCUT2D eigenvalue weighted by molar-refractivity contribution is 4.91. The first-order valence-corrected chi connectivity index (χ1v) is 7.28. The highest BCUT2D eigenvalue weighted by atomic mass is 16.3. The normalized spacial score (nSPS) is 30.0. The smallest absolute Gasteiger partial charge is 0.0499 e. The number of likely N-dealkylation sites (tertiary alicyclic amines) is 1. The van der Waals surface area contributed by atoms with Gasteiger partial charge in [-0.05, 0) is 37.1 Å². The van der Waals surface area contributed by atoms with Gasteiger partial charge >= 0.3 is 0 Å². The molecular weight excluding hydrogens is 210 g/mol. The second-order valence-corrected chi connectivity index (χ2v) is 7.45. The zero-order valence-corrected chi connectivity index (χ0v) is 11.8. The molecule has 0 aromatic heterocycles. The first kappa shape index (κ1) is 13.4. The van der Waals surface area contributed by atoms with Gasteiger partial charge in [-0.3, -0.25) is 0 Å². The molecule has 0 aromatic carbocycles. The molecule has 1 aliphatic carbocycles. The predicted molar refractivity (Wildman–Crippen MR) is 72.0 cm³/mol. The number of hydrogen-bond acceptors (Lipinski definition) is 2. The molecule has 2 heteroatoms. The van der Waals surface area contributed by atoms with Crippen LogP contribution >= 0.6 is 0 Å². The highest BCUT2D eigenvalue weighted by Crippen LogP contribution is 2.41. The van der Waals surface area contributed by atoms with Gasteiger partial charge in [0.2, 0.25) is 0 Å². The van der Waals surface area contributed by atoms with Gasteiger partial charge in [-0.15, -0.1) is 0 Å². The first-order chi connectivity index (χ1) is 7.95. The van der Waals surface area contributed by atoms with Gasteiger partial charge < -0.3 is 10.0 Å². The van der Waals surface area contributed by atoms with E-state index in [1.165, 1.54) is 45.2 Å². The third kappa shape index (κ3) is 3.03. The molecule has 2 nitrogen and oxygen atoms in total. The molecule has 0 radical (unpaired) electrons. The summed E-state index contributed by atoms with van der Waals surface area (Å²) < 4.78 is 0. The van der Waals surface area contributed by atoms with Crippen molar-refractivity contribution >= 4 is 0 Å². The standard InChI is InChI=1S/C15H29NO/c1-14(2,3)13-6-9-16(10-13)11-15(12-17)7-4-5-8-15/h13,17H,4-12H2,1-3H3. The Labute approximate surface area is 106 Å². The Morgan fingerprint density at radius 2 is 1.88 bits per heavy atom. The maximum atomic E-state index is 9.68. The van der Waals surface area contributed by atoms with E-state index in [0.717, 1.165) is 12.5 Å². The lowest BCUT2D eigenvalue weighted by Crippen LogP contribution is -2.38. The Kier molecular flexibility index (Phi) is 3.84. The van der Waals surface area contributed by atoms with Gasteiger partial charge in [-0.25, -0.2) is 0 Å². The summed E-state index contributed by atoms with van der Waals surface area (Å²) in [5.74, 6) is 0.833. The van der Waals surface area contributed by atoms with Crippen LogP contribution in [0.5, 0.6) is 0 Å². The molecule has 100 valence electrons. The van der Waals surface area contributed by atoms with Crippen molar-refractivity contribution in [1.29, 1.82) is 0 Å². The van der Waals surface area contributed by atoms with E-state index >= 15 is 0 Å². The largest absolute Gasteiger partial charge is 0.396 e. The molecule has 1 atom stereocenters. The third-order valence-corrected chi connectivity index (χ3v) is 5.06. The minimum Gasteiger partial charge on any atom is -0.396 e. The molecule has 2 aliphatic rings. The Hall–Kier alpha value is -0.0800. The van der Waals surface area contributed by atoms with Crippen LogP contribution in [0, 0.1) is 16.7 Å². The van der Waals surface area contributed by atoms with E-state index in [2.05, 4.69) is 25.7 Å². The Bertz CT molecular complexity index is 250. The summed E-state index contributed by atoms with van der Waals surface area (Å²) in [6.45, 7) is 11.1. The number of aliphatic hydroxyl groups is 1. The van der Waals surface area contributed by atoms with Crippen LogP contribution in [0.3, 0.4) is 0 Å². The second-order valence-electron chi connectivity index (χ2n) is 7.45. The summed E-state index contributed by atoms with van der Waals surface area (Å²) in [5.41, 5.74) is 0.684. The molecule has 2 rings (SSSR count). The van der Waals surface area contributed by atoms with Gasteiger partial charge in [0.15, 0.2) is 0 Å². The van der Waals surface area contributed by atoms with E-state index in [4.69, 9.17) is 0 Å². The van der Waals surface area contributed by atoms with Crippen molar-refractivity contribution in [2.75, 3.05) is 26.2 Å². The van der Waals surface area contributed by atoms with Crippen molar-refractivity contribution in [2.24, 2.45) is 16.7 Å². The third-order valence-electron chi connectivity index (χ3n) is 5.06. The summed E-state index contributed by atoms with van der Waals surface area (Å²) in [6.07, 6.45) is 6.44. The van der Waals surface area contributed by atoms with Crippen LogP contribution in [0.2, 0.25) is 0 Å². The molecule has 0 spiro atoms. The molecule has 2 fully saturated rings. The topological polar surface area (TPSA) is 23.5 Å². The van der Waals surface area contributed by atoms with Crippen LogP contribution in [-0.4, -0.2) is 36.2 Å². The van der Waals surface area contributed by atoms with Crippen molar-refractivity contribution in [3.63, 3.8) is 0 Å². The van der Waals surface area contributed by atoms with Crippen molar-refractivity contribution in [1.82, 2.24) is 4.90 Å². The van der Waals surface area contributed by atoms with E-state index in [9.17, 15) is 5.11 Å². The molecule has 1 heterocycles. The van der Waals surface area contributed by atoms with E-state index in [-0.39, 0.29) is 5.41 Å². The van der Waals surface area contributed by atoms with E-state index in [1.54, 1.807) is 0 Å². The Morgan fingerprint density at radius 3 is 2.35 bits per heavy atom. The molecule has 1 saturated heterocycles. The van der Waals surface area contributed by atoms with Crippen molar-refractivity contribution in [3.05, 3.63) is 0 Å². The second kappa shape index (κ2) is 4.89. The minimum absolute atomic E-state index is 0.243. The van der Waals surface area contributed by atoms with Crippen molar-refractivity contribution < 1.29 is 5.11 Å². The van der Waals surface area contributed by atoms with Gasteiger partial charge in [0.1, 0.15) is 0 Å². The maximum Gasteiger partial charge on any atom is 0.0499 e. The van der Waals surface area contributed by atoms with Gasteiger partial charge in [0.05, 0.1) is 0 Å². The van der Waals surface area contributed by atoms with Gasteiger partial charge in [-0.2, -0.15) is 0 Å². The lowest BCUT2D eigenvalue weighted by molar-refractivity contribution is 0.0836. The molecule has 0 bridgehead atoms. The van der Waals surface area contributed by atoms with Crippen LogP contribution in [-0.2, 0) is 0 Å². The fourth-order valence-corrected chi connectivity index (χ4v) is 3.65. The fourth-order valence-electron chi connectivity index (χ4n) is 3.65. The maximum absolute atomic E-state index is 9.68. The molecule has 1 unspecified atom stereocenters. The number of rotatable bonds is 3. The molecule has 1 N–H and O–H groups in total. The number of nitrogens with zero attached hydrogens (tertiary/aromatic N) is 1. The summed E-state index contributed by atoms with van der Waals surface area (Å²) >= 11 is 0. The quantitative estimate of drug-likeness (QED) is 0.818. The Morgan fingerprint density at radius 1 is 1.24 bits per heavy atom. The summed E-state index contributed by atoms with van der Waals surface area (Å²) in [4.78, 5) is 2.61. The zero-order valence-electron chi connectivity index (χ0n) is 11.8. The lowest BCUT2D eigenvalue weighted by Gasteiger charge is -2.33. The molecular formula is C15H29NO. The van der Waals surface area contributed by atoms with Crippen LogP contribution in [0.4, 0.5) is 0 Å². The van der Waals surface area contributed by atoms with E-state index < -0.39 is 0 Å². The minimum atomic E-state index is 0.243. The Balaban J connectivity index is 1.89. The zero-order chi connectivity index (χ0) is 12.5. The van der Waals surface area contributed by atoms with Crippen molar-refractivity contribution in [3.8, 4) is 0 Å². The fraction of sp³-hybridized carbons (Fsp3) is 1.00. The summed E-state index contributed by atoms with van der Waals surface area (Å²) in [5, 5.41) is 9.68. The molecule has 17 heavy (non-hydrogen) atoms. The lowest BCUT2D eigenvalue weighted by atomic mass is 9.80. The number of hydrogen-bond donors (Lipinski definition) is 1. The highest BCUT2D eigenvalue weighted by Gasteiger charge is 2.38. The van der Waals surface area contributed by atoms with Crippen LogP contribution in [0.1, 0.15) is 52.9 Å². The number of aliphatic hydroxyl groups excluding tert-OH is 1. The monoisotopic (exact) mass is 239 g/mol. The van der Waals surface area contributed by atoms with Gasteiger partial charge in [0, 0.05) is 25.1 Å². The first-order valence-electron chi connectivity index (χ1n) is 7.28. The van der Waals surface area contributed by atoms with Crippen LogP contribution < -0.4 is 0 Å². The van der Waals surface area contributed by atoms with E-state index in [1.807, 2.05) is 0 Å². The average molecular weight is 239 g/mol. The predicted octanol–water partition coefficient (Wildman–Crippen LogP) is 2.91. The molecule has 1 aliphatic heterocycles. The SMILES string of the molecule is CC(C)(C)C1CCN(CC2(CO)CCCC2)C1. The van der Waals surface area contributed by atoms with Gasteiger partial charge in [-0.1, -0.05) is 33.6 Å². The van der Waals surface area contributed by atoms with Crippen molar-refractivity contribution in [2.45, 2.75) is 52.9 Å². The van der Waals surface area contributed by atoms with Crippen LogP contribution in [0.25, 0.3) is 0 Å². The summed E-state index contributed by atoms with van der Waals surface area (Å²) in [6, 6.07) is 0. The van der Waals surface area contributed by atoms with Crippen LogP contribution in [0.15, 0.2) is 0 Å². The average Bonchev–Trinajstić information content (AvgIpc) is 2.87. The van der Waals surface area contributed by atoms with E-state index in [0.29, 0.717) is 12.0 Å². The van der Waals surface area contributed by atoms with Gasteiger partial charge in [0.25, 0.3) is 0 Å². The molecule has 0 amide bonds. The molecule has 0 aromatic rings.